The number of hydrogen-bond acceptors (Lipinski definition) is 0. The predicted molar refractivity (Wildman–Crippen MR) is 46.2 cm³/mol. The molecule has 0 aromatic heterocycles. The molecule has 1 aliphatic rings. The Bertz CT molecular complexity index is 296. The van der Waals surface area contributed by atoms with Crippen molar-refractivity contribution < 1.29 is 4.39 Å². The van der Waals surface area contributed by atoms with Crippen LogP contribution in [-0.4, -0.2) is 6.30 Å². The normalized spacial score (nSPS) is 21.3. The number of aryl methyl sites for hydroxylation is 2. The lowest BCUT2D eigenvalue weighted by molar-refractivity contribution is 0.272. The van der Waals surface area contributed by atoms with Gasteiger partial charge in [-0.1, -0.05) is 17.7 Å². The smallest absolute Gasteiger partial charge is 0.190 e. The Balaban J connectivity index is 2.37. The van der Waals surface area contributed by atoms with E-state index in [1.165, 1.54) is 11.1 Å². The summed E-state index contributed by atoms with van der Waals surface area (Å²) in [6.45, 7) is 2.04. The predicted octanol–water partition coefficient (Wildman–Crippen LogP) is 2.47. The molecule has 1 aliphatic heterocycles. The molecule has 0 amide bonds. The maximum Gasteiger partial charge on any atom is 0.190 e. The van der Waals surface area contributed by atoms with Crippen molar-refractivity contribution in [3.63, 3.8) is 0 Å². The van der Waals surface area contributed by atoms with E-state index in [0.717, 1.165) is 12.1 Å². The quantitative estimate of drug-likeness (QED) is 0.523. The minimum Gasteiger partial charge on any atom is -0.249 e. The van der Waals surface area contributed by atoms with Crippen molar-refractivity contribution in [3.8, 4) is 0 Å². The largest absolute Gasteiger partial charge is 0.249 e. The number of halogens is 1. The zero-order valence-electron chi connectivity index (χ0n) is 7.05. The fourth-order valence-electron chi connectivity index (χ4n) is 1.53. The third kappa shape index (κ3) is 1.29. The zero-order valence-corrected chi connectivity index (χ0v) is 7.05. The van der Waals surface area contributed by atoms with Crippen molar-refractivity contribution in [2.24, 2.45) is 0 Å². The van der Waals surface area contributed by atoms with Gasteiger partial charge in [0.05, 0.1) is 5.69 Å². The van der Waals surface area contributed by atoms with Crippen molar-refractivity contribution >= 4 is 5.69 Å². The van der Waals surface area contributed by atoms with E-state index in [1.54, 1.807) is 0 Å². The van der Waals surface area contributed by atoms with Crippen molar-refractivity contribution in [3.05, 3.63) is 29.3 Å². The van der Waals surface area contributed by atoms with Gasteiger partial charge in [-0.05, 0) is 25.0 Å². The summed E-state index contributed by atoms with van der Waals surface area (Å²) in [5.41, 5.74) is 3.24. The van der Waals surface area contributed by atoms with Gasteiger partial charge in [-0.3, -0.25) is 0 Å². The van der Waals surface area contributed by atoms with Crippen molar-refractivity contribution in [2.45, 2.75) is 26.1 Å². The Hall–Kier alpha value is -1.05. The van der Waals surface area contributed by atoms with Gasteiger partial charge in [-0.2, -0.15) is 0 Å². The second-order valence-electron chi connectivity index (χ2n) is 3.23. The summed E-state index contributed by atoms with van der Waals surface area (Å²) in [5.74, 6) is 0. The summed E-state index contributed by atoms with van der Waals surface area (Å²) < 4.78 is 12.8. The average molecular weight is 164 g/mol. The van der Waals surface area contributed by atoms with Gasteiger partial charge in [-0.25, -0.2) is 9.71 Å². The minimum absolute atomic E-state index is 0.538. The van der Waals surface area contributed by atoms with Crippen molar-refractivity contribution in [1.29, 1.82) is 0 Å². The summed E-state index contributed by atoms with van der Waals surface area (Å²) in [4.78, 5) is 0. The monoisotopic (exact) mass is 164 g/mol. The molecule has 0 spiro atoms. The van der Waals surface area contributed by atoms with Crippen LogP contribution in [0.4, 0.5) is 10.1 Å². The van der Waals surface area contributed by atoms with Crippen LogP contribution in [0.3, 0.4) is 0 Å². The molecule has 0 N–H and O–H groups in total. The van der Waals surface area contributed by atoms with Gasteiger partial charge < -0.3 is 0 Å². The van der Waals surface area contributed by atoms with Crippen LogP contribution in [0, 0.1) is 6.92 Å². The minimum atomic E-state index is -0.986. The Labute approximate surface area is 71.6 Å². The average Bonchev–Trinajstić information content (AvgIpc) is 2.05. The molecule has 1 atom stereocenters. The maximum absolute atomic E-state index is 12.8. The van der Waals surface area contributed by atoms with E-state index in [9.17, 15) is 4.39 Å². The number of hydrogen-bond donors (Lipinski definition) is 0. The van der Waals surface area contributed by atoms with Crippen LogP contribution in [0.15, 0.2) is 18.2 Å². The Kier molecular flexibility index (Phi) is 1.75. The molecule has 1 radical (unpaired) electrons. The first kappa shape index (κ1) is 7.59. The van der Waals surface area contributed by atoms with Crippen LogP contribution in [0.1, 0.15) is 17.5 Å². The standard InChI is InChI=1S/C10H11FN/c1-7-2-4-9-8(6-7)3-5-10(11)12-9/h2,4,6,10H,3,5H2,1H3. The fraction of sp³-hybridized carbons (Fsp3) is 0.400. The lowest BCUT2D eigenvalue weighted by Crippen LogP contribution is -2.19. The van der Waals surface area contributed by atoms with E-state index in [-0.39, 0.29) is 0 Å². The summed E-state index contributed by atoms with van der Waals surface area (Å²) in [7, 11) is 0. The van der Waals surface area contributed by atoms with Gasteiger partial charge in [0.25, 0.3) is 0 Å². The van der Waals surface area contributed by atoms with Crippen LogP contribution in [0.2, 0.25) is 0 Å². The number of fused-ring (bicyclic) bond motifs is 1. The second kappa shape index (κ2) is 2.77. The first-order valence-electron chi connectivity index (χ1n) is 4.20. The van der Waals surface area contributed by atoms with Gasteiger partial charge in [0.1, 0.15) is 0 Å². The summed E-state index contributed by atoms with van der Waals surface area (Å²) >= 11 is 0. The van der Waals surface area contributed by atoms with Gasteiger partial charge in [0, 0.05) is 6.42 Å². The topological polar surface area (TPSA) is 14.1 Å². The highest BCUT2D eigenvalue weighted by atomic mass is 19.1. The molecule has 2 rings (SSSR count). The number of benzene rings is 1. The molecule has 0 saturated heterocycles. The second-order valence-corrected chi connectivity index (χ2v) is 3.23. The summed E-state index contributed by atoms with van der Waals surface area (Å²) in [6, 6.07) is 5.96. The molecule has 1 aromatic rings. The molecule has 0 saturated carbocycles. The highest BCUT2D eigenvalue weighted by molar-refractivity contribution is 5.48. The zero-order chi connectivity index (χ0) is 8.55. The molecule has 1 heterocycles. The van der Waals surface area contributed by atoms with E-state index in [1.807, 2.05) is 19.1 Å². The van der Waals surface area contributed by atoms with E-state index in [4.69, 9.17) is 0 Å². The van der Waals surface area contributed by atoms with Crippen LogP contribution >= 0.6 is 0 Å². The third-order valence-corrected chi connectivity index (χ3v) is 2.17. The number of nitrogens with zero attached hydrogens (tertiary/aromatic N) is 1. The molecular formula is C10H11FN. The summed E-state index contributed by atoms with van der Waals surface area (Å²) in [6.07, 6.45) is 0.373. The van der Waals surface area contributed by atoms with Crippen LogP contribution in [0.5, 0.6) is 0 Å². The fourth-order valence-corrected chi connectivity index (χ4v) is 1.53. The van der Waals surface area contributed by atoms with Crippen LogP contribution < -0.4 is 5.32 Å². The molecule has 12 heavy (non-hydrogen) atoms. The number of alkyl halides is 1. The lowest BCUT2D eigenvalue weighted by Gasteiger charge is -2.18. The van der Waals surface area contributed by atoms with Gasteiger partial charge in [0.15, 0.2) is 6.30 Å². The molecule has 1 unspecified atom stereocenters. The SMILES string of the molecule is Cc1ccc2c(c1)CCC(F)[N]2. The van der Waals surface area contributed by atoms with Crippen molar-refractivity contribution in [1.82, 2.24) is 5.32 Å². The number of rotatable bonds is 0. The highest BCUT2D eigenvalue weighted by Crippen LogP contribution is 2.26. The van der Waals surface area contributed by atoms with Gasteiger partial charge >= 0.3 is 0 Å². The Morgan fingerprint density at radius 1 is 1.50 bits per heavy atom. The Morgan fingerprint density at radius 3 is 3.17 bits per heavy atom. The van der Waals surface area contributed by atoms with E-state index >= 15 is 0 Å². The van der Waals surface area contributed by atoms with Gasteiger partial charge in [-0.15, -0.1) is 0 Å². The van der Waals surface area contributed by atoms with E-state index in [0.29, 0.717) is 6.42 Å². The molecule has 0 bridgehead atoms. The first-order valence-corrected chi connectivity index (χ1v) is 4.20. The first-order chi connectivity index (χ1) is 5.75. The van der Waals surface area contributed by atoms with Crippen molar-refractivity contribution in [2.75, 3.05) is 0 Å². The molecule has 0 fully saturated rings. The molecule has 1 aromatic carbocycles. The lowest BCUT2D eigenvalue weighted by atomic mass is 10.0. The van der Waals surface area contributed by atoms with Gasteiger partial charge in [0.2, 0.25) is 0 Å². The maximum atomic E-state index is 12.8. The molecule has 63 valence electrons. The van der Waals surface area contributed by atoms with Crippen LogP contribution in [0.25, 0.3) is 0 Å². The summed E-state index contributed by atoms with van der Waals surface area (Å²) in [5, 5.41) is 3.92. The Morgan fingerprint density at radius 2 is 2.33 bits per heavy atom. The molecule has 0 aliphatic carbocycles. The van der Waals surface area contributed by atoms with Crippen LogP contribution in [-0.2, 0) is 6.42 Å². The molecular weight excluding hydrogens is 153 g/mol. The highest BCUT2D eigenvalue weighted by Gasteiger charge is 2.17. The molecule has 2 heteroatoms. The molecule has 1 nitrogen and oxygen atoms in total. The van der Waals surface area contributed by atoms with E-state index in [2.05, 4.69) is 11.4 Å². The third-order valence-electron chi connectivity index (χ3n) is 2.17. The van der Waals surface area contributed by atoms with E-state index < -0.39 is 6.30 Å².